The second-order valence-electron chi connectivity index (χ2n) is 7.57. The molecule has 0 radical (unpaired) electrons. The molecule has 0 aliphatic heterocycles. The third-order valence-corrected chi connectivity index (χ3v) is 8.02. The van der Waals surface area contributed by atoms with Crippen molar-refractivity contribution in [1.29, 1.82) is 0 Å². The van der Waals surface area contributed by atoms with E-state index in [1.807, 2.05) is 39.0 Å². The van der Waals surface area contributed by atoms with Crippen molar-refractivity contribution in [3.05, 3.63) is 29.8 Å². The van der Waals surface area contributed by atoms with Crippen molar-refractivity contribution in [3.8, 4) is 11.5 Å². The van der Waals surface area contributed by atoms with E-state index in [2.05, 4.69) is 6.92 Å². The molecule has 0 bridgehead atoms. The van der Waals surface area contributed by atoms with Gasteiger partial charge < -0.3 is 27.9 Å². The lowest BCUT2D eigenvalue weighted by Crippen LogP contribution is -2.45. The number of rotatable bonds is 20. The maximum Gasteiger partial charge on any atom is 0.500 e. The molecule has 7 nitrogen and oxygen atoms in total. The molecule has 1 aromatic carbocycles. The summed E-state index contributed by atoms with van der Waals surface area (Å²) in [5.74, 6) is 0.320. The summed E-state index contributed by atoms with van der Waals surface area (Å²) in [6, 6.07) is 6.24. The molecule has 0 aliphatic carbocycles. The Balaban J connectivity index is 2.71. The fourth-order valence-corrected chi connectivity index (χ4v) is 6.05. The molecule has 0 fully saturated rings. The fraction of sp³-hybridized carbons (Fsp3) is 0.640. The predicted octanol–water partition coefficient (Wildman–Crippen LogP) is 5.95. The van der Waals surface area contributed by atoms with Crippen LogP contribution in [0, 0.1) is 0 Å². The number of unbranched alkanes of at least 4 members (excludes halogenated alkanes) is 4. The Hall–Kier alpha value is -1.87. The molecule has 8 heteroatoms. The first kappa shape index (κ1) is 29.2. The van der Waals surface area contributed by atoms with E-state index >= 15 is 0 Å². The highest BCUT2D eigenvalue weighted by molar-refractivity contribution is 6.60. The summed E-state index contributed by atoms with van der Waals surface area (Å²) in [6.07, 6.45) is 8.84. The van der Waals surface area contributed by atoms with Crippen LogP contribution in [0.5, 0.6) is 11.5 Å². The quantitative estimate of drug-likeness (QED) is 0.140. The molecule has 1 rings (SSSR count). The fourth-order valence-electron chi connectivity index (χ4n) is 3.37. The molecule has 1 aromatic rings. The van der Waals surface area contributed by atoms with Crippen molar-refractivity contribution in [2.75, 3.05) is 33.0 Å². The monoisotopic (exact) mass is 482 g/mol. The molecule has 0 aliphatic rings. The lowest BCUT2D eigenvalue weighted by atomic mass is 10.2. The first-order chi connectivity index (χ1) is 16.0. The van der Waals surface area contributed by atoms with Gasteiger partial charge in [0.2, 0.25) is 0 Å². The van der Waals surface area contributed by atoms with E-state index in [1.165, 1.54) is 12.8 Å². The van der Waals surface area contributed by atoms with Gasteiger partial charge in [-0.25, -0.2) is 4.79 Å². The molecular weight excluding hydrogens is 440 g/mol. The van der Waals surface area contributed by atoms with Crippen LogP contribution in [0.3, 0.4) is 0 Å². The van der Waals surface area contributed by atoms with Gasteiger partial charge in [0.15, 0.2) is 11.5 Å². The minimum absolute atomic E-state index is 0.507. The van der Waals surface area contributed by atoms with Gasteiger partial charge in [-0.05, 0) is 63.8 Å². The van der Waals surface area contributed by atoms with Gasteiger partial charge in [0.05, 0.1) is 13.2 Å². The standard InChI is InChI=1S/C25H42O7Si/c1-5-9-10-11-18-28-23-16-14-22(15-17-25(26)27)21-24(23)29-19-12-13-20-33(30-6-2,31-7-3)32-8-4/h14-17,21H,5-13,18-20H2,1-4H3,(H,26,27). The van der Waals surface area contributed by atoms with E-state index < -0.39 is 14.8 Å². The van der Waals surface area contributed by atoms with Crippen LogP contribution in [0.4, 0.5) is 0 Å². The van der Waals surface area contributed by atoms with Gasteiger partial charge in [-0.2, -0.15) is 0 Å². The first-order valence-corrected chi connectivity index (χ1v) is 14.2. The van der Waals surface area contributed by atoms with Crippen LogP contribution >= 0.6 is 0 Å². The summed E-state index contributed by atoms with van der Waals surface area (Å²) in [5.41, 5.74) is 0.751. The van der Waals surface area contributed by atoms with Gasteiger partial charge in [0, 0.05) is 31.9 Å². The van der Waals surface area contributed by atoms with Crippen molar-refractivity contribution < 1.29 is 32.7 Å². The van der Waals surface area contributed by atoms with E-state index in [0.29, 0.717) is 44.5 Å². The Kier molecular flexibility index (Phi) is 15.5. The highest BCUT2D eigenvalue weighted by atomic mass is 28.4. The number of aliphatic carboxylic acids is 1. The Morgan fingerprint density at radius 1 is 0.848 bits per heavy atom. The third-order valence-electron chi connectivity index (χ3n) is 4.87. The van der Waals surface area contributed by atoms with Crippen molar-refractivity contribution in [2.45, 2.75) is 72.3 Å². The summed E-state index contributed by atoms with van der Waals surface area (Å²) in [5, 5.41) is 8.90. The van der Waals surface area contributed by atoms with Crippen LogP contribution in [0.15, 0.2) is 24.3 Å². The van der Waals surface area contributed by atoms with Crippen molar-refractivity contribution in [1.82, 2.24) is 0 Å². The zero-order valence-electron chi connectivity index (χ0n) is 20.8. The smallest absolute Gasteiger partial charge is 0.490 e. The average molecular weight is 483 g/mol. The summed E-state index contributed by atoms with van der Waals surface area (Å²) in [6.45, 7) is 10.9. The van der Waals surface area contributed by atoms with Crippen LogP contribution in [-0.2, 0) is 18.1 Å². The number of benzene rings is 1. The largest absolute Gasteiger partial charge is 0.500 e. The molecule has 188 valence electrons. The van der Waals surface area contributed by atoms with Gasteiger partial charge in [0.25, 0.3) is 0 Å². The average Bonchev–Trinajstić information content (AvgIpc) is 2.78. The summed E-state index contributed by atoms with van der Waals surface area (Å²) in [4.78, 5) is 10.8. The van der Waals surface area contributed by atoms with Gasteiger partial charge in [-0.15, -0.1) is 0 Å². The van der Waals surface area contributed by atoms with Crippen molar-refractivity contribution >= 4 is 20.8 Å². The van der Waals surface area contributed by atoms with E-state index in [-0.39, 0.29) is 0 Å². The molecule has 0 atom stereocenters. The zero-order chi connectivity index (χ0) is 24.4. The maximum absolute atomic E-state index is 10.8. The van der Waals surface area contributed by atoms with Crippen LogP contribution in [0.2, 0.25) is 6.04 Å². The van der Waals surface area contributed by atoms with Crippen LogP contribution in [0.25, 0.3) is 6.08 Å². The molecule has 0 saturated heterocycles. The Morgan fingerprint density at radius 3 is 2.03 bits per heavy atom. The number of hydrogen-bond donors (Lipinski definition) is 1. The number of ether oxygens (including phenoxy) is 2. The molecular formula is C25H42O7Si. The van der Waals surface area contributed by atoms with E-state index in [1.54, 1.807) is 6.08 Å². The van der Waals surface area contributed by atoms with Crippen molar-refractivity contribution in [2.24, 2.45) is 0 Å². The Labute approximate surface area is 200 Å². The zero-order valence-corrected chi connectivity index (χ0v) is 21.8. The van der Waals surface area contributed by atoms with Crippen molar-refractivity contribution in [3.63, 3.8) is 0 Å². The molecule has 0 saturated carbocycles. The minimum atomic E-state index is -2.64. The lowest BCUT2D eigenvalue weighted by Gasteiger charge is -2.28. The minimum Gasteiger partial charge on any atom is -0.490 e. The summed E-state index contributed by atoms with van der Waals surface area (Å²) >= 11 is 0. The SMILES string of the molecule is CCCCCCOc1ccc(C=CC(=O)O)cc1OCCCC[Si](OCC)(OCC)OCC. The first-order valence-electron chi connectivity index (χ1n) is 12.2. The van der Waals surface area contributed by atoms with E-state index in [9.17, 15) is 4.79 Å². The maximum atomic E-state index is 10.8. The molecule has 0 heterocycles. The van der Waals surface area contributed by atoms with Crippen LogP contribution in [0.1, 0.15) is 71.8 Å². The van der Waals surface area contributed by atoms with E-state index in [4.69, 9.17) is 27.9 Å². The summed E-state index contributed by atoms with van der Waals surface area (Å²) in [7, 11) is -2.64. The topological polar surface area (TPSA) is 83.5 Å². The highest BCUT2D eigenvalue weighted by Gasteiger charge is 2.39. The molecule has 0 unspecified atom stereocenters. The lowest BCUT2D eigenvalue weighted by molar-refractivity contribution is -0.131. The van der Waals surface area contributed by atoms with Crippen LogP contribution in [-0.4, -0.2) is 52.9 Å². The molecule has 0 spiro atoms. The number of hydrogen-bond acceptors (Lipinski definition) is 6. The van der Waals surface area contributed by atoms with Crippen LogP contribution < -0.4 is 9.47 Å². The van der Waals surface area contributed by atoms with Gasteiger partial charge in [0.1, 0.15) is 0 Å². The van der Waals surface area contributed by atoms with Gasteiger partial charge in [-0.3, -0.25) is 0 Å². The summed E-state index contributed by atoms with van der Waals surface area (Å²) < 4.78 is 29.7. The molecule has 0 aromatic heterocycles. The predicted molar refractivity (Wildman–Crippen MR) is 133 cm³/mol. The van der Waals surface area contributed by atoms with Gasteiger partial charge >= 0.3 is 14.8 Å². The Morgan fingerprint density at radius 2 is 1.45 bits per heavy atom. The number of carboxylic acid groups (broad SMARTS) is 1. The number of carboxylic acids is 1. The molecule has 33 heavy (non-hydrogen) atoms. The number of carbonyl (C=O) groups is 1. The molecule has 0 amide bonds. The van der Waals surface area contributed by atoms with Gasteiger partial charge in [-0.1, -0.05) is 32.3 Å². The Bertz CT molecular complexity index is 676. The van der Waals surface area contributed by atoms with E-state index in [0.717, 1.165) is 43.4 Å². The second kappa shape index (κ2) is 17.6. The highest BCUT2D eigenvalue weighted by Crippen LogP contribution is 2.30. The third kappa shape index (κ3) is 12.2. The normalized spacial score (nSPS) is 11.8. The second-order valence-corrected chi connectivity index (χ2v) is 10.3. The molecule has 1 N–H and O–H groups in total.